The molecule has 0 aromatic heterocycles. The molecule has 0 saturated heterocycles. The predicted molar refractivity (Wildman–Crippen MR) is 172 cm³/mol. The van der Waals surface area contributed by atoms with Crippen LogP contribution < -0.4 is 10.1 Å². The number of hydrogen-bond acceptors (Lipinski definition) is 5. The van der Waals surface area contributed by atoms with Crippen LogP contribution in [-0.4, -0.2) is 42.2 Å². The first-order valence-corrected chi connectivity index (χ1v) is 15.7. The number of carbonyl (C=O) groups is 1. The van der Waals surface area contributed by atoms with Gasteiger partial charge in [-0.3, -0.25) is 4.79 Å². The summed E-state index contributed by atoms with van der Waals surface area (Å²) in [5.74, 6) is -0.787. The lowest BCUT2D eigenvalue weighted by atomic mass is 9.82. The number of nitrogens with zero attached hydrogens (tertiary/aromatic N) is 1. The molecule has 4 aromatic rings. The lowest BCUT2D eigenvalue weighted by Gasteiger charge is -2.31. The van der Waals surface area contributed by atoms with Crippen LogP contribution in [-0.2, 0) is 22.4 Å². The largest absolute Gasteiger partial charge is 0.494 e. The highest BCUT2D eigenvalue weighted by atomic mass is 79.9. The molecule has 1 aliphatic heterocycles. The summed E-state index contributed by atoms with van der Waals surface area (Å²) >= 11 is 7.12. The number of carbonyl (C=O) groups excluding carboxylic acids is 1. The fraction of sp³-hybridized carbons (Fsp3) is 0.235. The topological polar surface area (TPSA) is 80.2 Å². The zero-order valence-corrected chi connectivity index (χ0v) is 26.8. The Morgan fingerprint density at radius 1 is 0.955 bits per heavy atom. The van der Waals surface area contributed by atoms with Crippen molar-refractivity contribution >= 4 is 43.7 Å². The minimum atomic E-state index is -1.42. The van der Waals surface area contributed by atoms with Gasteiger partial charge >= 0.3 is 0 Å². The molecule has 0 unspecified atom stereocenters. The van der Waals surface area contributed by atoms with Crippen LogP contribution in [0, 0.1) is 11.6 Å². The average Bonchev–Trinajstić information content (AvgIpc) is 3.38. The highest BCUT2D eigenvalue weighted by Gasteiger charge is 2.53. The van der Waals surface area contributed by atoms with Crippen molar-refractivity contribution < 1.29 is 28.2 Å². The Hall–Kier alpha value is -3.60. The van der Waals surface area contributed by atoms with E-state index >= 15 is 0 Å². The fourth-order valence-electron chi connectivity index (χ4n) is 5.09. The third-order valence-electron chi connectivity index (χ3n) is 7.23. The number of amides is 1. The molecule has 1 amide bonds. The van der Waals surface area contributed by atoms with E-state index in [0.29, 0.717) is 35.8 Å². The fourth-order valence-corrected chi connectivity index (χ4v) is 5.85. The minimum absolute atomic E-state index is 0.0425. The van der Waals surface area contributed by atoms with Crippen LogP contribution in [0.25, 0.3) is 0 Å². The van der Waals surface area contributed by atoms with Gasteiger partial charge in [0.05, 0.1) is 6.61 Å². The van der Waals surface area contributed by atoms with Gasteiger partial charge in [0, 0.05) is 52.1 Å². The van der Waals surface area contributed by atoms with Gasteiger partial charge in [-0.1, -0.05) is 62.2 Å². The molecule has 2 atom stereocenters. The quantitative estimate of drug-likeness (QED) is 0.153. The normalized spacial score (nSPS) is 17.6. The van der Waals surface area contributed by atoms with Crippen molar-refractivity contribution in [1.29, 1.82) is 0 Å². The number of aliphatic imine (C=N–C) groups is 1. The zero-order chi connectivity index (χ0) is 31.1. The molecule has 10 heteroatoms. The van der Waals surface area contributed by atoms with Crippen molar-refractivity contribution in [3.05, 3.63) is 134 Å². The number of halogens is 4. The summed E-state index contributed by atoms with van der Waals surface area (Å²) in [6, 6.07) is 25.7. The Morgan fingerprint density at radius 2 is 1.66 bits per heavy atom. The van der Waals surface area contributed by atoms with Gasteiger partial charge in [-0.05, 0) is 72.1 Å². The molecule has 0 aliphatic carbocycles. The maximum atomic E-state index is 14.3. The first-order chi connectivity index (χ1) is 21.3. The van der Waals surface area contributed by atoms with Crippen molar-refractivity contribution in [1.82, 2.24) is 5.32 Å². The van der Waals surface area contributed by atoms with E-state index in [1.807, 2.05) is 60.7 Å². The number of benzene rings is 4. The molecule has 1 heterocycles. The number of aliphatic hydroxyl groups excluding tert-OH is 1. The van der Waals surface area contributed by atoms with Crippen molar-refractivity contribution in [2.75, 3.05) is 19.8 Å². The molecule has 5 rings (SSSR count). The predicted octanol–water partition coefficient (Wildman–Crippen LogP) is 7.11. The molecule has 6 nitrogen and oxygen atoms in total. The zero-order valence-electron chi connectivity index (χ0n) is 23.6. The van der Waals surface area contributed by atoms with Gasteiger partial charge in [0.1, 0.15) is 17.4 Å². The van der Waals surface area contributed by atoms with Crippen LogP contribution in [0.5, 0.6) is 5.75 Å². The van der Waals surface area contributed by atoms with E-state index in [1.165, 1.54) is 12.1 Å². The van der Waals surface area contributed by atoms with Crippen LogP contribution >= 0.6 is 31.9 Å². The minimum Gasteiger partial charge on any atom is -0.494 e. The SMILES string of the molecule is O=C(NCCc1cc(F)cc(F)c1)[C@]1(Cc2ccc(Br)cc2)N=C(c2ccc(OCCCO)cc2)O[C@@H]1c1ccccc1Br. The van der Waals surface area contributed by atoms with Crippen LogP contribution in [0.4, 0.5) is 8.78 Å². The van der Waals surface area contributed by atoms with Gasteiger partial charge in [0.25, 0.3) is 5.91 Å². The van der Waals surface area contributed by atoms with Crippen molar-refractivity contribution in [3.63, 3.8) is 0 Å². The number of hydrogen-bond donors (Lipinski definition) is 2. The average molecular weight is 728 g/mol. The summed E-state index contributed by atoms with van der Waals surface area (Å²) in [5.41, 5.74) is 1.29. The number of aliphatic hydroxyl groups is 1. The molecule has 4 aromatic carbocycles. The van der Waals surface area contributed by atoms with E-state index in [1.54, 1.807) is 12.1 Å². The second kappa shape index (κ2) is 14.5. The Bertz CT molecular complexity index is 1610. The summed E-state index contributed by atoms with van der Waals surface area (Å²) in [6.07, 6.45) is 0.166. The first-order valence-electron chi connectivity index (χ1n) is 14.1. The van der Waals surface area contributed by atoms with E-state index in [2.05, 4.69) is 37.2 Å². The van der Waals surface area contributed by atoms with E-state index in [-0.39, 0.29) is 31.9 Å². The Balaban J connectivity index is 1.52. The van der Waals surface area contributed by atoms with Crippen molar-refractivity contribution in [3.8, 4) is 5.75 Å². The Kier molecular flexibility index (Phi) is 10.5. The summed E-state index contributed by atoms with van der Waals surface area (Å²) in [4.78, 5) is 19.3. The third-order valence-corrected chi connectivity index (χ3v) is 8.48. The maximum Gasteiger partial charge on any atom is 0.252 e. The van der Waals surface area contributed by atoms with E-state index in [0.717, 1.165) is 26.1 Å². The summed E-state index contributed by atoms with van der Waals surface area (Å²) in [6.45, 7) is 0.564. The molecule has 1 aliphatic rings. The van der Waals surface area contributed by atoms with E-state index < -0.39 is 23.3 Å². The van der Waals surface area contributed by atoms with Crippen molar-refractivity contribution in [2.24, 2.45) is 4.99 Å². The van der Waals surface area contributed by atoms with Crippen LogP contribution in [0.2, 0.25) is 0 Å². The van der Waals surface area contributed by atoms with Crippen LogP contribution in [0.1, 0.15) is 34.8 Å². The molecule has 0 spiro atoms. The molecular formula is C34H30Br2F2N2O4. The molecule has 2 N–H and O–H groups in total. The molecule has 0 bridgehead atoms. The second-order valence-corrected chi connectivity index (χ2v) is 12.2. The summed E-state index contributed by atoms with van der Waals surface area (Å²) < 4.78 is 41.5. The highest BCUT2D eigenvalue weighted by Crippen LogP contribution is 2.44. The molecule has 0 saturated carbocycles. The van der Waals surface area contributed by atoms with E-state index in [4.69, 9.17) is 19.6 Å². The standard InChI is InChI=1S/C34H30Br2F2N2O4/c35-25-10-6-22(7-11-25)21-34(33(42)39-15-14-23-18-26(37)20-27(38)19-23)31(29-4-1-2-5-30(29)36)44-32(40-34)24-8-12-28(13-9-24)43-17-3-16-41/h1-2,4-13,18-20,31,41H,3,14-17,21H2,(H,39,42)/t31-,34-/m1/s1. The number of nitrogens with one attached hydrogen (secondary N) is 1. The van der Waals surface area contributed by atoms with Gasteiger partial charge in [-0.15, -0.1) is 0 Å². The number of rotatable bonds is 12. The van der Waals surface area contributed by atoms with E-state index in [9.17, 15) is 13.6 Å². The Labute approximate surface area is 271 Å². The lowest BCUT2D eigenvalue weighted by Crippen LogP contribution is -2.50. The van der Waals surface area contributed by atoms with Crippen molar-refractivity contribution in [2.45, 2.75) is 30.9 Å². The molecule has 44 heavy (non-hydrogen) atoms. The summed E-state index contributed by atoms with van der Waals surface area (Å²) in [5, 5.41) is 12.0. The second-order valence-electron chi connectivity index (χ2n) is 10.4. The molecule has 228 valence electrons. The van der Waals surface area contributed by atoms with Gasteiger partial charge < -0.3 is 19.9 Å². The highest BCUT2D eigenvalue weighted by molar-refractivity contribution is 9.10. The number of ether oxygens (including phenoxy) is 2. The molecule has 0 radical (unpaired) electrons. The molecular weight excluding hydrogens is 698 g/mol. The monoisotopic (exact) mass is 726 g/mol. The maximum absolute atomic E-state index is 14.3. The van der Waals surface area contributed by atoms with Gasteiger partial charge in [-0.2, -0.15) is 0 Å². The first kappa shape index (κ1) is 31.8. The van der Waals surface area contributed by atoms with Crippen LogP contribution in [0.15, 0.2) is 105 Å². The van der Waals surface area contributed by atoms with Gasteiger partial charge in [0.2, 0.25) is 5.90 Å². The van der Waals surface area contributed by atoms with Gasteiger partial charge in [-0.25, -0.2) is 13.8 Å². The van der Waals surface area contributed by atoms with Crippen LogP contribution in [0.3, 0.4) is 0 Å². The third kappa shape index (κ3) is 7.54. The Morgan fingerprint density at radius 3 is 2.34 bits per heavy atom. The smallest absolute Gasteiger partial charge is 0.252 e. The van der Waals surface area contributed by atoms with Gasteiger partial charge in [0.15, 0.2) is 11.6 Å². The summed E-state index contributed by atoms with van der Waals surface area (Å²) in [7, 11) is 0. The lowest BCUT2D eigenvalue weighted by molar-refractivity contribution is -0.128. The molecule has 0 fully saturated rings.